The van der Waals surface area contributed by atoms with E-state index in [9.17, 15) is 14.0 Å². The predicted molar refractivity (Wildman–Crippen MR) is 130 cm³/mol. The molecule has 2 aromatic carbocycles. The molecule has 2 heterocycles. The molecule has 2 amide bonds. The van der Waals surface area contributed by atoms with E-state index in [1.54, 1.807) is 17.0 Å². The Kier molecular flexibility index (Phi) is 7.54. The van der Waals surface area contributed by atoms with Crippen molar-refractivity contribution in [3.8, 4) is 5.75 Å². The Balaban J connectivity index is 1.51. The van der Waals surface area contributed by atoms with Gasteiger partial charge in [0.15, 0.2) is 0 Å². The van der Waals surface area contributed by atoms with E-state index in [2.05, 4.69) is 6.07 Å². The van der Waals surface area contributed by atoms with Gasteiger partial charge in [0.1, 0.15) is 18.2 Å². The highest BCUT2D eigenvalue weighted by Gasteiger charge is 2.44. The van der Waals surface area contributed by atoms with E-state index in [0.717, 1.165) is 31.4 Å². The quantitative estimate of drug-likeness (QED) is 0.619. The molecule has 0 unspecified atom stereocenters. The number of carbonyl (C=O) groups excluding carboxylic acids is 2. The zero-order chi connectivity index (χ0) is 24.1. The lowest BCUT2D eigenvalue weighted by Gasteiger charge is -2.44. The number of fused-ring (bicyclic) bond motifs is 1. The summed E-state index contributed by atoms with van der Waals surface area (Å²) in [6, 6.07) is 14.1. The number of rotatable bonds is 2. The number of amides is 2. The maximum Gasteiger partial charge on any atom is 0.253 e. The molecule has 2 aromatic rings. The van der Waals surface area contributed by atoms with Crippen LogP contribution in [0.15, 0.2) is 48.5 Å². The largest absolute Gasteiger partial charge is 0.491 e. The summed E-state index contributed by atoms with van der Waals surface area (Å²) in [4.78, 5) is 30.6. The Labute approximate surface area is 201 Å². The Morgan fingerprint density at radius 1 is 1.00 bits per heavy atom. The number of aryl methyl sites for hydroxylation is 1. The van der Waals surface area contributed by atoms with E-state index in [0.29, 0.717) is 44.6 Å². The molecule has 0 saturated carbocycles. The summed E-state index contributed by atoms with van der Waals surface area (Å²) in [5.41, 5.74) is 1.11. The Hall–Kier alpha value is -2.89. The van der Waals surface area contributed by atoms with Crippen molar-refractivity contribution in [3.05, 3.63) is 65.5 Å². The third kappa shape index (κ3) is 5.26. The minimum atomic E-state index is -0.471. The number of hydrogen-bond acceptors (Lipinski definition) is 3. The normalized spacial score (nSPS) is 19.2. The predicted octanol–water partition coefficient (Wildman–Crippen LogP) is 5.09. The summed E-state index contributed by atoms with van der Waals surface area (Å²) < 4.78 is 19.7. The third-order valence-electron chi connectivity index (χ3n) is 7.33. The van der Waals surface area contributed by atoms with E-state index >= 15 is 0 Å². The van der Waals surface area contributed by atoms with Crippen molar-refractivity contribution in [2.75, 3.05) is 26.2 Å². The summed E-state index contributed by atoms with van der Waals surface area (Å²) in [6.45, 7) is 6.11. The highest BCUT2D eigenvalue weighted by atomic mass is 19.1. The fourth-order valence-electron chi connectivity index (χ4n) is 5.30. The summed E-state index contributed by atoms with van der Waals surface area (Å²) >= 11 is 0. The van der Waals surface area contributed by atoms with Gasteiger partial charge in [-0.15, -0.1) is 0 Å². The van der Waals surface area contributed by atoms with Gasteiger partial charge in [-0.3, -0.25) is 9.59 Å². The van der Waals surface area contributed by atoms with Gasteiger partial charge in [-0.2, -0.15) is 0 Å². The van der Waals surface area contributed by atoms with Crippen molar-refractivity contribution in [2.24, 2.45) is 5.41 Å². The first-order valence-electron chi connectivity index (χ1n) is 12.5. The molecule has 2 aliphatic heterocycles. The van der Waals surface area contributed by atoms with Crippen LogP contribution in [0.5, 0.6) is 5.75 Å². The van der Waals surface area contributed by atoms with Crippen LogP contribution in [0.1, 0.15) is 61.9 Å². The minimum absolute atomic E-state index is 0.0677. The lowest BCUT2D eigenvalue weighted by Crippen LogP contribution is -2.53. The lowest BCUT2D eigenvalue weighted by atomic mass is 9.72. The summed E-state index contributed by atoms with van der Waals surface area (Å²) in [5.74, 6) is 0.516. The molecule has 0 aliphatic carbocycles. The molecular formula is C28H35FN2O3. The van der Waals surface area contributed by atoms with Gasteiger partial charge in [-0.05, 0) is 75.8 Å². The van der Waals surface area contributed by atoms with E-state index in [-0.39, 0.29) is 17.9 Å². The first kappa shape index (κ1) is 24.2. The Morgan fingerprint density at radius 3 is 2.50 bits per heavy atom. The molecule has 182 valence electrons. The van der Waals surface area contributed by atoms with Gasteiger partial charge in [-0.1, -0.05) is 30.7 Å². The molecule has 1 saturated heterocycles. The van der Waals surface area contributed by atoms with Gasteiger partial charge in [-0.25, -0.2) is 4.39 Å². The minimum Gasteiger partial charge on any atom is -0.491 e. The molecule has 5 nitrogen and oxygen atoms in total. The number of likely N-dealkylation sites (tertiary alicyclic amines) is 1. The number of carbonyl (C=O) groups is 2. The maximum absolute atomic E-state index is 13.9. The Morgan fingerprint density at radius 2 is 1.76 bits per heavy atom. The van der Waals surface area contributed by atoms with E-state index in [1.165, 1.54) is 17.7 Å². The van der Waals surface area contributed by atoms with Crippen LogP contribution in [0, 0.1) is 11.2 Å². The number of hydrogen-bond donors (Lipinski definition) is 0. The zero-order valence-corrected chi connectivity index (χ0v) is 20.3. The van der Waals surface area contributed by atoms with Crippen LogP contribution in [0.4, 0.5) is 4.39 Å². The van der Waals surface area contributed by atoms with Crippen LogP contribution in [0.3, 0.4) is 0 Å². The van der Waals surface area contributed by atoms with Crippen molar-refractivity contribution >= 4 is 11.8 Å². The fraction of sp³-hybridized carbons (Fsp3) is 0.500. The summed E-state index contributed by atoms with van der Waals surface area (Å²) in [7, 11) is 0. The lowest BCUT2D eigenvalue weighted by molar-refractivity contribution is -0.148. The molecule has 4 rings (SSSR count). The highest BCUT2D eigenvalue weighted by molar-refractivity contribution is 5.94. The topological polar surface area (TPSA) is 49.9 Å². The SMILES string of the molecule is CC(C)N1CCOc2ccccc2CCCCC2(CCN(C(=O)c3cccc(F)c3)CC2)C1=O. The van der Waals surface area contributed by atoms with Crippen molar-refractivity contribution < 1.29 is 18.7 Å². The number of nitrogens with zero attached hydrogens (tertiary/aromatic N) is 2. The fourth-order valence-corrected chi connectivity index (χ4v) is 5.30. The molecule has 0 atom stereocenters. The summed E-state index contributed by atoms with van der Waals surface area (Å²) in [5, 5.41) is 0. The van der Waals surface area contributed by atoms with Crippen LogP contribution in [-0.4, -0.2) is 53.9 Å². The monoisotopic (exact) mass is 466 g/mol. The van der Waals surface area contributed by atoms with E-state index < -0.39 is 11.2 Å². The third-order valence-corrected chi connectivity index (χ3v) is 7.33. The van der Waals surface area contributed by atoms with Crippen LogP contribution in [0.25, 0.3) is 0 Å². The molecule has 1 spiro atoms. The standard InChI is InChI=1S/C28H35FN2O3/c1-21(2)31-18-19-34-25-12-4-3-8-22(25)9-5-6-13-28(27(31)33)14-16-30(17-15-28)26(32)23-10-7-11-24(29)20-23/h3-4,7-8,10-12,20-21H,5-6,9,13-19H2,1-2H3. The first-order chi connectivity index (χ1) is 16.4. The maximum atomic E-state index is 13.9. The second-order valence-electron chi connectivity index (χ2n) is 9.84. The summed E-state index contributed by atoms with van der Waals surface area (Å²) in [6.07, 6.45) is 4.95. The van der Waals surface area contributed by atoms with Gasteiger partial charge in [0.25, 0.3) is 5.91 Å². The molecule has 1 fully saturated rings. The van der Waals surface area contributed by atoms with Crippen molar-refractivity contribution in [3.63, 3.8) is 0 Å². The number of halogens is 1. The molecule has 6 heteroatoms. The van der Waals surface area contributed by atoms with Crippen LogP contribution < -0.4 is 4.74 Å². The van der Waals surface area contributed by atoms with Crippen molar-refractivity contribution in [2.45, 2.75) is 58.4 Å². The second-order valence-corrected chi connectivity index (χ2v) is 9.84. The number of para-hydroxylation sites is 1. The molecule has 0 bridgehead atoms. The number of benzene rings is 2. The second kappa shape index (κ2) is 10.6. The van der Waals surface area contributed by atoms with Crippen molar-refractivity contribution in [1.29, 1.82) is 0 Å². The molecular weight excluding hydrogens is 431 g/mol. The Bertz CT molecular complexity index is 1010. The zero-order valence-electron chi connectivity index (χ0n) is 20.3. The highest BCUT2D eigenvalue weighted by Crippen LogP contribution is 2.40. The average molecular weight is 467 g/mol. The molecule has 0 radical (unpaired) electrons. The van der Waals surface area contributed by atoms with Crippen LogP contribution in [0.2, 0.25) is 0 Å². The molecule has 0 N–H and O–H groups in total. The van der Waals surface area contributed by atoms with Crippen LogP contribution in [-0.2, 0) is 11.2 Å². The smallest absolute Gasteiger partial charge is 0.253 e. The molecule has 2 aliphatic rings. The average Bonchev–Trinajstić information content (AvgIpc) is 2.84. The van der Waals surface area contributed by atoms with Gasteiger partial charge in [0, 0.05) is 24.7 Å². The molecule has 34 heavy (non-hydrogen) atoms. The molecule has 0 aromatic heterocycles. The van der Waals surface area contributed by atoms with Gasteiger partial charge >= 0.3 is 0 Å². The van der Waals surface area contributed by atoms with Gasteiger partial charge in [0.05, 0.1) is 12.0 Å². The van der Waals surface area contributed by atoms with Gasteiger partial charge in [0.2, 0.25) is 5.91 Å². The van der Waals surface area contributed by atoms with Gasteiger partial charge < -0.3 is 14.5 Å². The van der Waals surface area contributed by atoms with Crippen LogP contribution >= 0.6 is 0 Å². The number of ether oxygens (including phenoxy) is 1. The van der Waals surface area contributed by atoms with E-state index in [1.807, 2.05) is 36.9 Å². The number of piperidine rings is 1. The first-order valence-corrected chi connectivity index (χ1v) is 12.5. The van der Waals surface area contributed by atoms with E-state index in [4.69, 9.17) is 4.74 Å². The van der Waals surface area contributed by atoms with Crippen molar-refractivity contribution in [1.82, 2.24) is 9.80 Å².